The molecule has 0 aliphatic rings. The Morgan fingerprint density at radius 3 is 1.87 bits per heavy atom. The number of benzene rings is 8. The van der Waals surface area contributed by atoms with Gasteiger partial charge in [-0.3, -0.25) is 9.11 Å². The van der Waals surface area contributed by atoms with Crippen LogP contribution in [0, 0.1) is 6.92 Å². The monoisotopic (exact) mass is 881 g/mol. The molecule has 0 saturated carbocycles. The predicted octanol–water partition coefficient (Wildman–Crippen LogP) is 12.7. The molecule has 0 atom stereocenters. The van der Waals surface area contributed by atoms with Crippen molar-refractivity contribution in [1.82, 2.24) is 0 Å². The van der Waals surface area contributed by atoms with E-state index >= 15 is 0 Å². The summed E-state index contributed by atoms with van der Waals surface area (Å²) in [6.45, 7) is 1.78. The highest BCUT2D eigenvalue weighted by Gasteiger charge is 2.17. The fourth-order valence-electron chi connectivity index (χ4n) is 6.80. The molecular formula is C45H35N7O9S2. The van der Waals surface area contributed by atoms with Gasteiger partial charge < -0.3 is 19.9 Å². The van der Waals surface area contributed by atoms with Crippen molar-refractivity contribution in [3.63, 3.8) is 0 Å². The maximum absolute atomic E-state index is 12.2. The van der Waals surface area contributed by atoms with E-state index in [-0.39, 0.29) is 32.3 Å². The van der Waals surface area contributed by atoms with Gasteiger partial charge in [-0.2, -0.15) is 27.1 Å². The van der Waals surface area contributed by atoms with Crippen LogP contribution in [0.15, 0.2) is 174 Å². The number of phenols is 1. The van der Waals surface area contributed by atoms with Crippen molar-refractivity contribution in [1.29, 1.82) is 0 Å². The zero-order valence-electron chi connectivity index (χ0n) is 33.5. The Hall–Kier alpha value is -7.64. The Bertz CT molecular complexity index is 3430. The number of nitrogens with zero attached hydrogens (tertiary/aromatic N) is 6. The molecule has 8 aromatic carbocycles. The van der Waals surface area contributed by atoms with E-state index in [1.807, 2.05) is 42.5 Å². The molecule has 0 amide bonds. The first-order chi connectivity index (χ1) is 30.2. The average molecular weight is 882 g/mol. The zero-order chi connectivity index (χ0) is 44.5. The van der Waals surface area contributed by atoms with E-state index in [0.29, 0.717) is 55.6 Å². The lowest BCUT2D eigenvalue weighted by atomic mass is 10.1. The quantitative estimate of drug-likeness (QED) is 0.0669. The molecule has 0 spiro atoms. The first kappa shape index (κ1) is 42.1. The van der Waals surface area contributed by atoms with Gasteiger partial charge in [0.05, 0.1) is 41.9 Å². The Labute approximate surface area is 360 Å². The van der Waals surface area contributed by atoms with E-state index in [0.717, 1.165) is 22.5 Å². The molecule has 0 fully saturated rings. The summed E-state index contributed by atoms with van der Waals surface area (Å²) in [5, 5.41) is 43.7. The molecule has 4 N–H and O–H groups in total. The van der Waals surface area contributed by atoms with Crippen LogP contribution in [-0.4, -0.2) is 45.3 Å². The number of ether oxygens (including phenoxy) is 2. The van der Waals surface area contributed by atoms with Gasteiger partial charge in [0.15, 0.2) is 5.75 Å². The number of hydrogen-bond acceptors (Lipinski definition) is 14. The van der Waals surface area contributed by atoms with Crippen LogP contribution in [-0.2, 0) is 20.2 Å². The molecule has 0 aliphatic heterocycles. The molecule has 8 aromatic rings. The minimum absolute atomic E-state index is 0.0456. The second kappa shape index (κ2) is 17.0. The SMILES string of the molecule is COc1ccc(Nc2ccc3c(O)c(N=Nc4cc(C)c(N=Nc5ccc(N=Nc6ccc7c(S(=O)(=O)O)cccc7c6)c6ccc(S(=O)(=O)O)cc56)cc4OC)ccc3c2)cc1. The number of phenolic OH excluding ortho intramolecular Hbond substituents is 1. The van der Waals surface area contributed by atoms with Crippen LogP contribution in [0.2, 0.25) is 0 Å². The van der Waals surface area contributed by atoms with Gasteiger partial charge in [-0.1, -0.05) is 30.3 Å². The maximum Gasteiger partial charge on any atom is 0.295 e. The second-order valence-electron chi connectivity index (χ2n) is 14.1. The van der Waals surface area contributed by atoms with Crippen LogP contribution in [0.4, 0.5) is 45.5 Å². The number of aromatic hydroxyl groups is 1. The van der Waals surface area contributed by atoms with Crippen LogP contribution in [0.5, 0.6) is 17.2 Å². The number of rotatable bonds is 12. The van der Waals surface area contributed by atoms with Gasteiger partial charge in [0, 0.05) is 39.0 Å². The molecule has 8 rings (SSSR count). The molecule has 16 nitrogen and oxygen atoms in total. The summed E-state index contributed by atoms with van der Waals surface area (Å²) in [7, 11) is -5.98. The normalized spacial score (nSPS) is 12.3. The smallest absolute Gasteiger partial charge is 0.295 e. The molecule has 0 saturated heterocycles. The molecule has 316 valence electrons. The Kier molecular flexibility index (Phi) is 11.4. The van der Waals surface area contributed by atoms with Crippen molar-refractivity contribution < 1.29 is 40.5 Å². The largest absolute Gasteiger partial charge is 0.505 e. The summed E-state index contributed by atoms with van der Waals surface area (Å²) in [6, 6.07) is 36.1. The van der Waals surface area contributed by atoms with Crippen molar-refractivity contribution in [3.8, 4) is 17.2 Å². The van der Waals surface area contributed by atoms with E-state index in [2.05, 4.69) is 36.0 Å². The summed E-state index contributed by atoms with van der Waals surface area (Å²) in [4.78, 5) is -0.613. The van der Waals surface area contributed by atoms with E-state index in [1.165, 1.54) is 49.6 Å². The van der Waals surface area contributed by atoms with Gasteiger partial charge in [0.25, 0.3) is 20.2 Å². The van der Waals surface area contributed by atoms with Crippen LogP contribution < -0.4 is 14.8 Å². The fourth-order valence-corrected chi connectivity index (χ4v) is 8.02. The average Bonchev–Trinajstić information content (AvgIpc) is 3.27. The fraction of sp³-hybridized carbons (Fsp3) is 0.0667. The van der Waals surface area contributed by atoms with Gasteiger partial charge in [0.2, 0.25) is 0 Å². The Morgan fingerprint density at radius 1 is 0.508 bits per heavy atom. The van der Waals surface area contributed by atoms with Gasteiger partial charge in [0.1, 0.15) is 27.8 Å². The Balaban J connectivity index is 1.06. The number of hydrogen-bond donors (Lipinski definition) is 4. The number of methoxy groups -OCH3 is 2. The molecule has 0 aliphatic carbocycles. The molecule has 0 radical (unpaired) electrons. The van der Waals surface area contributed by atoms with Gasteiger partial charge >= 0.3 is 0 Å². The third kappa shape index (κ3) is 9.05. The van der Waals surface area contributed by atoms with Crippen molar-refractivity contribution in [3.05, 3.63) is 139 Å². The molecule has 18 heteroatoms. The zero-order valence-corrected chi connectivity index (χ0v) is 35.1. The standard InChI is InChI=1S/C45H35N7O9S2/c1-26-21-42(52-50-40-18-7-28-22-30(10-16-35(28)45(40)53)46-29-8-12-32(60-2)13-9-29)43(61-3)25-41(26)51-49-39-20-19-38(36-17-14-33(24-37(36)39)62(54,55)56)48-47-31-11-15-34-27(23-31)5-4-6-44(34)63(57,58)59/h4-25,46,53H,1-3H3,(H,54,55,56)(H,57,58,59). The summed E-state index contributed by atoms with van der Waals surface area (Å²) < 4.78 is 78.4. The third-order valence-electron chi connectivity index (χ3n) is 9.99. The number of azo groups is 3. The van der Waals surface area contributed by atoms with E-state index in [4.69, 9.17) is 9.47 Å². The molecule has 0 heterocycles. The van der Waals surface area contributed by atoms with E-state index < -0.39 is 20.2 Å². The molecule has 0 aromatic heterocycles. The van der Waals surface area contributed by atoms with Gasteiger partial charge in [-0.15, -0.1) is 20.5 Å². The van der Waals surface area contributed by atoms with Crippen molar-refractivity contribution in [2.45, 2.75) is 16.7 Å². The lowest BCUT2D eigenvalue weighted by molar-refractivity contribution is 0.415. The first-order valence-corrected chi connectivity index (χ1v) is 21.7. The Morgan fingerprint density at radius 2 is 1.14 bits per heavy atom. The lowest BCUT2D eigenvalue weighted by Crippen LogP contribution is -1.98. The summed E-state index contributed by atoms with van der Waals surface area (Å²) in [5.74, 6) is 1.02. The molecule has 0 bridgehead atoms. The third-order valence-corrected chi connectivity index (χ3v) is 11.8. The van der Waals surface area contributed by atoms with Crippen molar-refractivity contribution in [2.24, 2.45) is 30.7 Å². The molecular weight excluding hydrogens is 847 g/mol. The lowest BCUT2D eigenvalue weighted by Gasteiger charge is -2.10. The topological polar surface area (TPSA) is 234 Å². The maximum atomic E-state index is 12.2. The van der Waals surface area contributed by atoms with Gasteiger partial charge in [-0.05, 0) is 120 Å². The first-order valence-electron chi connectivity index (χ1n) is 18.8. The van der Waals surface area contributed by atoms with E-state index in [1.54, 1.807) is 62.6 Å². The number of fused-ring (bicyclic) bond motifs is 3. The summed E-state index contributed by atoms with van der Waals surface area (Å²) in [5.41, 5.74) is 4.29. The highest BCUT2D eigenvalue weighted by molar-refractivity contribution is 7.86. The predicted molar refractivity (Wildman–Crippen MR) is 240 cm³/mol. The van der Waals surface area contributed by atoms with E-state index in [9.17, 15) is 31.0 Å². The van der Waals surface area contributed by atoms with Crippen LogP contribution in [0.25, 0.3) is 32.3 Å². The minimum atomic E-state index is -4.60. The van der Waals surface area contributed by atoms with Crippen molar-refractivity contribution in [2.75, 3.05) is 19.5 Å². The number of aryl methyl sites for hydroxylation is 1. The highest BCUT2D eigenvalue weighted by Crippen LogP contribution is 2.42. The molecule has 0 unspecified atom stereocenters. The minimum Gasteiger partial charge on any atom is -0.505 e. The molecule has 63 heavy (non-hydrogen) atoms. The highest BCUT2D eigenvalue weighted by atomic mass is 32.2. The summed E-state index contributed by atoms with van der Waals surface area (Å²) >= 11 is 0. The number of nitrogens with one attached hydrogen (secondary N) is 1. The van der Waals surface area contributed by atoms with Crippen LogP contribution in [0.3, 0.4) is 0 Å². The van der Waals surface area contributed by atoms with Gasteiger partial charge in [-0.25, -0.2) is 0 Å². The second-order valence-corrected chi connectivity index (χ2v) is 16.9. The summed E-state index contributed by atoms with van der Waals surface area (Å²) in [6.07, 6.45) is 0. The van der Waals surface area contributed by atoms with Crippen LogP contribution >= 0.6 is 0 Å². The number of anilines is 2. The van der Waals surface area contributed by atoms with Crippen molar-refractivity contribution >= 4 is 98.1 Å². The van der Waals surface area contributed by atoms with Crippen LogP contribution in [0.1, 0.15) is 5.56 Å².